The largest absolute Gasteiger partial charge is 2.00 e. The molecule has 0 spiro atoms. The molecule has 0 amide bonds. The number of nitrogens with zero attached hydrogens (tertiary/aromatic N) is 10. The van der Waals surface area contributed by atoms with Crippen molar-refractivity contribution in [2.75, 3.05) is 0 Å². The third-order valence-corrected chi connectivity index (χ3v) is 1.65. The van der Waals surface area contributed by atoms with E-state index in [1.54, 1.807) is 0 Å². The van der Waals surface area contributed by atoms with Crippen molar-refractivity contribution in [3.63, 3.8) is 0 Å². The van der Waals surface area contributed by atoms with Crippen LogP contribution in [0.3, 0.4) is 0 Å². The second kappa shape index (κ2) is 27.4. The zero-order valence-corrected chi connectivity index (χ0v) is 13.6. The Morgan fingerprint density at radius 2 is 0.652 bits per heavy atom. The standard InChI is InChI=1S/2C4H8N2O2.Co.2N3/c2*1-3(5-7)4(2)6-8;;2*1-3-2/h2*7-8H,1-2H3;;;/q;;+2;2*-1/b2*5-3+,6-4+;;;. The molecule has 131 valence electrons. The molecule has 0 aliphatic heterocycles. The molecule has 0 aromatic carbocycles. The molecule has 14 nitrogen and oxygen atoms in total. The van der Waals surface area contributed by atoms with Crippen LogP contribution in [0.25, 0.3) is 31.9 Å². The van der Waals surface area contributed by atoms with E-state index in [1.807, 2.05) is 0 Å². The van der Waals surface area contributed by atoms with Crippen LogP contribution < -0.4 is 0 Å². The van der Waals surface area contributed by atoms with Crippen LogP contribution in [-0.2, 0) is 16.8 Å². The molecular formula is C8H16CoN10O4. The Hall–Kier alpha value is -2.99. The Morgan fingerprint density at radius 3 is 0.696 bits per heavy atom. The van der Waals surface area contributed by atoms with Gasteiger partial charge in [-0.05, 0) is 27.7 Å². The molecule has 0 atom stereocenters. The number of oxime groups is 4. The van der Waals surface area contributed by atoms with Gasteiger partial charge in [-0.3, -0.25) is 9.82 Å². The van der Waals surface area contributed by atoms with Crippen LogP contribution in [0.2, 0.25) is 0 Å². The van der Waals surface area contributed by atoms with Gasteiger partial charge in [0.2, 0.25) is 0 Å². The summed E-state index contributed by atoms with van der Waals surface area (Å²) in [6.45, 7) is 6.15. The Kier molecular flexibility index (Phi) is 38.2. The van der Waals surface area contributed by atoms with Crippen LogP contribution in [0.5, 0.6) is 0 Å². The molecular weight excluding hydrogens is 359 g/mol. The smallest absolute Gasteiger partial charge is 0.411 e. The van der Waals surface area contributed by atoms with Crippen LogP contribution in [0, 0.1) is 0 Å². The average Bonchev–Trinajstić information content (AvgIpc) is 2.53. The summed E-state index contributed by atoms with van der Waals surface area (Å²) in [6.07, 6.45) is 0. The van der Waals surface area contributed by atoms with E-state index in [4.69, 9.17) is 43.0 Å². The fraction of sp³-hybridized carbons (Fsp3) is 0.500. The molecule has 1 radical (unpaired) electrons. The molecule has 0 aliphatic rings. The first-order valence-corrected chi connectivity index (χ1v) is 4.99. The maximum absolute atomic E-state index is 8.03. The van der Waals surface area contributed by atoms with Crippen molar-refractivity contribution < 1.29 is 37.6 Å². The van der Waals surface area contributed by atoms with Crippen LogP contribution in [0.4, 0.5) is 0 Å². The van der Waals surface area contributed by atoms with Crippen molar-refractivity contribution >= 4 is 22.8 Å². The summed E-state index contributed by atoms with van der Waals surface area (Å²) >= 11 is 0. The Bertz CT molecular complexity index is 399. The third-order valence-electron chi connectivity index (χ3n) is 1.65. The summed E-state index contributed by atoms with van der Waals surface area (Å²) in [7, 11) is 0. The second-order valence-electron chi connectivity index (χ2n) is 2.92. The van der Waals surface area contributed by atoms with E-state index in [1.165, 1.54) is 37.5 Å². The molecule has 23 heavy (non-hydrogen) atoms. The number of hydrogen-bond acceptors (Lipinski definition) is 8. The van der Waals surface area contributed by atoms with Crippen molar-refractivity contribution in [3.8, 4) is 0 Å². The molecule has 0 saturated heterocycles. The molecule has 15 heteroatoms. The first kappa shape index (κ1) is 32.1. The Balaban J connectivity index is -0.0000000680. The van der Waals surface area contributed by atoms with E-state index in [0.717, 1.165) is 0 Å². The fourth-order valence-electron chi connectivity index (χ4n) is 0.289. The minimum Gasteiger partial charge on any atom is -0.411 e. The summed E-state index contributed by atoms with van der Waals surface area (Å²) < 4.78 is 0. The van der Waals surface area contributed by atoms with E-state index >= 15 is 0 Å². The zero-order valence-electron chi connectivity index (χ0n) is 12.6. The normalized spacial score (nSPS) is 10.6. The molecule has 0 heterocycles. The maximum Gasteiger partial charge on any atom is 2.00 e. The minimum absolute atomic E-state index is 0. The molecule has 0 aromatic rings. The maximum atomic E-state index is 8.03. The predicted molar refractivity (Wildman–Crippen MR) is 79.7 cm³/mol. The monoisotopic (exact) mass is 375 g/mol. The summed E-state index contributed by atoms with van der Waals surface area (Å²) in [5, 5.41) is 43.3. The van der Waals surface area contributed by atoms with Crippen LogP contribution in [-0.4, -0.2) is 43.7 Å². The zero-order chi connectivity index (χ0) is 18.6. The molecule has 4 N–H and O–H groups in total. The van der Waals surface area contributed by atoms with Crippen LogP contribution >= 0.6 is 0 Å². The van der Waals surface area contributed by atoms with Crippen molar-refractivity contribution in [1.82, 2.24) is 0 Å². The molecule has 0 saturated carbocycles. The Labute approximate surface area is 141 Å². The van der Waals surface area contributed by atoms with Gasteiger partial charge in [-0.15, -0.1) is 0 Å². The first-order valence-electron chi connectivity index (χ1n) is 4.99. The summed E-state index contributed by atoms with van der Waals surface area (Å²) in [5.41, 5.74) is 28.2. The SMILES string of the molecule is CC(=N\O)/C(C)=N/O.CC(=N\O)/C(C)=N/O.[Co+2].[N-]=[N+]=[N-].[N-]=[N+]=[N-]. The third kappa shape index (κ3) is 32.5. The van der Waals surface area contributed by atoms with Gasteiger partial charge in [-0.2, -0.15) is 0 Å². The van der Waals surface area contributed by atoms with Crippen molar-refractivity contribution in [2.24, 2.45) is 20.6 Å². The number of hydrogen-bond donors (Lipinski definition) is 4. The van der Waals surface area contributed by atoms with Crippen LogP contribution in [0.1, 0.15) is 27.7 Å². The molecule has 0 fully saturated rings. The molecule has 0 aromatic heterocycles. The van der Waals surface area contributed by atoms with Gasteiger partial charge in [0.25, 0.3) is 0 Å². The van der Waals surface area contributed by atoms with E-state index in [9.17, 15) is 0 Å². The summed E-state index contributed by atoms with van der Waals surface area (Å²) in [4.78, 5) is 3.00. The van der Waals surface area contributed by atoms with E-state index in [-0.39, 0.29) is 16.8 Å². The van der Waals surface area contributed by atoms with Gasteiger partial charge in [0.05, 0.1) is 0 Å². The molecule has 0 bridgehead atoms. The summed E-state index contributed by atoms with van der Waals surface area (Å²) in [6, 6.07) is 0. The van der Waals surface area contributed by atoms with Crippen molar-refractivity contribution in [2.45, 2.75) is 27.7 Å². The Morgan fingerprint density at radius 1 is 0.565 bits per heavy atom. The van der Waals surface area contributed by atoms with Gasteiger partial charge in [0, 0.05) is 0 Å². The topological polar surface area (TPSA) is 248 Å². The van der Waals surface area contributed by atoms with Gasteiger partial charge in [0.15, 0.2) is 0 Å². The summed E-state index contributed by atoms with van der Waals surface area (Å²) in [5.74, 6) is 0. The fourth-order valence-corrected chi connectivity index (χ4v) is 0.289. The van der Waals surface area contributed by atoms with Gasteiger partial charge in [-0.25, -0.2) is 0 Å². The van der Waals surface area contributed by atoms with E-state index in [2.05, 4.69) is 20.6 Å². The quantitative estimate of drug-likeness (QED) is 0.142. The first-order chi connectivity index (χ1) is 10.3. The average molecular weight is 375 g/mol. The molecule has 0 unspecified atom stereocenters. The van der Waals surface area contributed by atoms with E-state index in [0.29, 0.717) is 22.8 Å². The van der Waals surface area contributed by atoms with Crippen LogP contribution in [0.15, 0.2) is 20.6 Å². The van der Waals surface area contributed by atoms with Gasteiger partial charge >= 0.3 is 16.8 Å². The second-order valence-corrected chi connectivity index (χ2v) is 2.92. The predicted octanol–water partition coefficient (Wildman–Crippen LogP) is 3.10. The van der Waals surface area contributed by atoms with Crippen molar-refractivity contribution in [3.05, 3.63) is 31.9 Å². The van der Waals surface area contributed by atoms with Gasteiger partial charge in [0.1, 0.15) is 22.8 Å². The molecule has 0 rings (SSSR count). The van der Waals surface area contributed by atoms with E-state index < -0.39 is 0 Å². The minimum atomic E-state index is 0. The van der Waals surface area contributed by atoms with Gasteiger partial charge in [-0.1, -0.05) is 20.6 Å². The number of rotatable bonds is 2. The van der Waals surface area contributed by atoms with Crippen molar-refractivity contribution in [1.29, 1.82) is 0 Å². The molecule has 0 aliphatic carbocycles. The van der Waals surface area contributed by atoms with Gasteiger partial charge < -0.3 is 43.0 Å².